The van der Waals surface area contributed by atoms with Gasteiger partial charge in [-0.05, 0) is 38.1 Å². The van der Waals surface area contributed by atoms with Gasteiger partial charge in [-0.15, -0.1) is 0 Å². The molecule has 0 spiro atoms. The molecule has 1 saturated heterocycles. The third-order valence-corrected chi connectivity index (χ3v) is 2.68. The largest absolute Gasteiger partial charge is 0.314 e. The van der Waals surface area contributed by atoms with Gasteiger partial charge in [0.1, 0.15) is 6.17 Å². The summed E-state index contributed by atoms with van der Waals surface area (Å²) in [4.78, 5) is 0. The Kier molecular flexibility index (Phi) is 4.71. The molecule has 0 aromatic carbocycles. The van der Waals surface area contributed by atoms with Gasteiger partial charge in [0.25, 0.3) is 0 Å². The molecule has 1 nitrogen and oxygen atoms in total. The number of halogens is 1. The fraction of sp³-hybridized carbons (Fsp3) is 1.00. The summed E-state index contributed by atoms with van der Waals surface area (Å²) in [6.07, 6.45) is 4.54. The van der Waals surface area contributed by atoms with Crippen LogP contribution in [0.1, 0.15) is 46.0 Å². The fourth-order valence-electron chi connectivity index (χ4n) is 2.04. The minimum atomic E-state index is -0.601. The van der Waals surface area contributed by atoms with Gasteiger partial charge in [-0.2, -0.15) is 0 Å². The standard InChI is InChI=1S/C11H22FN/c1-9(2)7-10(12)8-11-5-3-4-6-13-11/h9-11,13H,3-8H2,1-2H3. The van der Waals surface area contributed by atoms with Crippen LogP contribution < -0.4 is 5.32 Å². The van der Waals surface area contributed by atoms with Crippen LogP contribution in [-0.2, 0) is 0 Å². The number of piperidine rings is 1. The maximum Gasteiger partial charge on any atom is 0.102 e. The highest BCUT2D eigenvalue weighted by Crippen LogP contribution is 2.18. The molecule has 0 aromatic heterocycles. The van der Waals surface area contributed by atoms with E-state index >= 15 is 0 Å². The molecule has 1 fully saturated rings. The van der Waals surface area contributed by atoms with Crippen LogP contribution in [0.5, 0.6) is 0 Å². The molecule has 0 bridgehead atoms. The molecule has 1 heterocycles. The number of alkyl halides is 1. The predicted molar refractivity (Wildman–Crippen MR) is 54.6 cm³/mol. The summed E-state index contributed by atoms with van der Waals surface area (Å²) >= 11 is 0. The third kappa shape index (κ3) is 4.61. The predicted octanol–water partition coefficient (Wildman–Crippen LogP) is 2.90. The smallest absolute Gasteiger partial charge is 0.102 e. The van der Waals surface area contributed by atoms with E-state index < -0.39 is 6.17 Å². The zero-order valence-electron chi connectivity index (χ0n) is 8.85. The lowest BCUT2D eigenvalue weighted by Crippen LogP contribution is -2.36. The number of nitrogens with one attached hydrogen (secondary N) is 1. The molecule has 2 heteroatoms. The van der Waals surface area contributed by atoms with Crippen molar-refractivity contribution in [2.75, 3.05) is 6.54 Å². The average molecular weight is 187 g/mol. The molecule has 0 radical (unpaired) electrons. The van der Waals surface area contributed by atoms with Gasteiger partial charge in [0.15, 0.2) is 0 Å². The van der Waals surface area contributed by atoms with Crippen molar-refractivity contribution in [2.24, 2.45) is 5.92 Å². The lowest BCUT2D eigenvalue weighted by atomic mass is 9.96. The van der Waals surface area contributed by atoms with Crippen LogP contribution >= 0.6 is 0 Å². The third-order valence-electron chi connectivity index (χ3n) is 2.68. The van der Waals surface area contributed by atoms with Gasteiger partial charge in [0.05, 0.1) is 0 Å². The van der Waals surface area contributed by atoms with E-state index in [-0.39, 0.29) is 0 Å². The van der Waals surface area contributed by atoms with Crippen LogP contribution in [0.2, 0.25) is 0 Å². The molecule has 0 amide bonds. The number of hydrogen-bond acceptors (Lipinski definition) is 1. The SMILES string of the molecule is CC(C)CC(F)CC1CCCCN1. The number of rotatable bonds is 4. The topological polar surface area (TPSA) is 12.0 Å². The summed E-state index contributed by atoms with van der Waals surface area (Å²) < 4.78 is 13.4. The van der Waals surface area contributed by atoms with Gasteiger partial charge in [-0.3, -0.25) is 0 Å². The second kappa shape index (κ2) is 5.58. The van der Waals surface area contributed by atoms with E-state index in [1.807, 2.05) is 0 Å². The van der Waals surface area contributed by atoms with Crippen LogP contribution in [0.3, 0.4) is 0 Å². The zero-order chi connectivity index (χ0) is 9.68. The first-order valence-corrected chi connectivity index (χ1v) is 5.56. The minimum Gasteiger partial charge on any atom is -0.314 e. The molecule has 78 valence electrons. The second-order valence-corrected chi connectivity index (χ2v) is 4.61. The van der Waals surface area contributed by atoms with Gasteiger partial charge in [0, 0.05) is 6.04 Å². The Labute approximate surface area is 81.1 Å². The first-order valence-electron chi connectivity index (χ1n) is 5.56. The average Bonchev–Trinajstić information content (AvgIpc) is 2.04. The Bertz CT molecular complexity index is 130. The van der Waals surface area contributed by atoms with Crippen molar-refractivity contribution in [3.05, 3.63) is 0 Å². The molecule has 1 N–H and O–H groups in total. The van der Waals surface area contributed by atoms with Crippen LogP contribution in [0, 0.1) is 5.92 Å². The fourth-order valence-corrected chi connectivity index (χ4v) is 2.04. The molecule has 1 rings (SSSR count). The van der Waals surface area contributed by atoms with Crippen LogP contribution in [-0.4, -0.2) is 18.8 Å². The van der Waals surface area contributed by atoms with Crippen molar-refractivity contribution < 1.29 is 4.39 Å². The molecular weight excluding hydrogens is 165 g/mol. The van der Waals surface area contributed by atoms with E-state index in [1.54, 1.807) is 0 Å². The maximum atomic E-state index is 13.4. The van der Waals surface area contributed by atoms with Crippen molar-refractivity contribution in [3.8, 4) is 0 Å². The quantitative estimate of drug-likeness (QED) is 0.713. The van der Waals surface area contributed by atoms with E-state index in [4.69, 9.17) is 0 Å². The summed E-state index contributed by atoms with van der Waals surface area (Å²) in [5, 5.41) is 3.38. The lowest BCUT2D eigenvalue weighted by molar-refractivity contribution is 0.226. The van der Waals surface area contributed by atoms with Crippen LogP contribution in [0.4, 0.5) is 4.39 Å². The first-order chi connectivity index (χ1) is 6.18. The van der Waals surface area contributed by atoms with E-state index in [1.165, 1.54) is 19.3 Å². The molecular formula is C11H22FN. The van der Waals surface area contributed by atoms with Crippen molar-refractivity contribution in [1.29, 1.82) is 0 Å². The van der Waals surface area contributed by atoms with Crippen LogP contribution in [0.25, 0.3) is 0 Å². The van der Waals surface area contributed by atoms with Crippen molar-refractivity contribution >= 4 is 0 Å². The van der Waals surface area contributed by atoms with Gasteiger partial charge < -0.3 is 5.32 Å². The zero-order valence-corrected chi connectivity index (χ0v) is 8.85. The molecule has 0 aromatic rings. The summed E-state index contributed by atoms with van der Waals surface area (Å²) in [6.45, 7) is 5.25. The minimum absolute atomic E-state index is 0.447. The van der Waals surface area contributed by atoms with Gasteiger partial charge in [0.2, 0.25) is 0 Å². The van der Waals surface area contributed by atoms with Crippen molar-refractivity contribution in [2.45, 2.75) is 58.2 Å². The first kappa shape index (κ1) is 11.0. The summed E-state index contributed by atoms with van der Waals surface area (Å²) in [6, 6.07) is 0.447. The van der Waals surface area contributed by atoms with Crippen molar-refractivity contribution in [1.82, 2.24) is 5.32 Å². The number of hydrogen-bond donors (Lipinski definition) is 1. The molecule has 2 unspecified atom stereocenters. The van der Waals surface area contributed by atoms with Crippen LogP contribution in [0.15, 0.2) is 0 Å². The van der Waals surface area contributed by atoms with Gasteiger partial charge in [-0.25, -0.2) is 4.39 Å². The van der Waals surface area contributed by atoms with Gasteiger partial charge >= 0.3 is 0 Å². The molecule has 1 aliphatic heterocycles. The van der Waals surface area contributed by atoms with E-state index in [9.17, 15) is 4.39 Å². The Morgan fingerprint density at radius 2 is 2.15 bits per heavy atom. The molecule has 1 aliphatic rings. The monoisotopic (exact) mass is 187 g/mol. The highest BCUT2D eigenvalue weighted by Gasteiger charge is 2.18. The molecule has 13 heavy (non-hydrogen) atoms. The normalized spacial score (nSPS) is 26.3. The Morgan fingerprint density at radius 3 is 2.69 bits per heavy atom. The van der Waals surface area contributed by atoms with E-state index in [0.717, 1.165) is 19.4 Å². The lowest BCUT2D eigenvalue weighted by Gasteiger charge is -2.25. The second-order valence-electron chi connectivity index (χ2n) is 4.61. The molecule has 0 saturated carbocycles. The summed E-state index contributed by atoms with van der Waals surface area (Å²) in [5.74, 6) is 0.485. The Hall–Kier alpha value is -0.110. The van der Waals surface area contributed by atoms with E-state index in [2.05, 4.69) is 19.2 Å². The highest BCUT2D eigenvalue weighted by atomic mass is 19.1. The van der Waals surface area contributed by atoms with Crippen molar-refractivity contribution in [3.63, 3.8) is 0 Å². The molecule has 0 aliphatic carbocycles. The van der Waals surface area contributed by atoms with E-state index in [0.29, 0.717) is 12.0 Å². The molecule has 2 atom stereocenters. The maximum absolute atomic E-state index is 13.4. The van der Waals surface area contributed by atoms with Gasteiger partial charge in [-0.1, -0.05) is 20.3 Å². The highest BCUT2D eigenvalue weighted by molar-refractivity contribution is 4.75. The summed E-state index contributed by atoms with van der Waals surface area (Å²) in [7, 11) is 0. The Morgan fingerprint density at radius 1 is 1.38 bits per heavy atom. The summed E-state index contributed by atoms with van der Waals surface area (Å²) in [5.41, 5.74) is 0. The Balaban J connectivity index is 2.14.